The van der Waals surface area contributed by atoms with Crippen molar-refractivity contribution in [1.82, 2.24) is 0 Å². The van der Waals surface area contributed by atoms with E-state index in [-0.39, 0.29) is 23.5 Å². The van der Waals surface area contributed by atoms with Gasteiger partial charge in [0.1, 0.15) is 0 Å². The predicted octanol–water partition coefficient (Wildman–Crippen LogP) is 35.1. The topological polar surface area (TPSA) is 0 Å². The standard InChI is InChI=1S/5C19H29S.5FH/c5*1-2-3-4-5-6-7-16-8-10-17(11-9-16)18-12-14-19(20)15-13-18;;;;;/h5*12-17H,2-11H2,1H3;5*1H/t5*16-,17-;;;;;. The highest BCUT2D eigenvalue weighted by Crippen LogP contribution is 2.43. The third-order valence-electron chi connectivity index (χ3n) is 24.6. The summed E-state index contributed by atoms with van der Waals surface area (Å²) in [7, 11) is 0. The van der Waals surface area contributed by atoms with Gasteiger partial charge in [-0.25, -0.2) is 0 Å². The summed E-state index contributed by atoms with van der Waals surface area (Å²) in [5.74, 6) is 9.00. The van der Waals surface area contributed by atoms with Crippen LogP contribution < -0.4 is 0 Å². The second kappa shape index (κ2) is 62.5. The smallest absolute Gasteiger partial charge is 0.0377 e. The zero-order chi connectivity index (χ0) is 71.0. The van der Waals surface area contributed by atoms with Crippen molar-refractivity contribution in [2.75, 3.05) is 0 Å². The summed E-state index contributed by atoms with van der Waals surface area (Å²) in [6.45, 7) is 11.5. The zero-order valence-corrected chi connectivity index (χ0v) is 70.8. The lowest BCUT2D eigenvalue weighted by molar-refractivity contribution is 0.302. The first-order chi connectivity index (χ1) is 49.0. The Bertz CT molecular complexity index is 2270. The molecule has 10 heteroatoms. The lowest BCUT2D eigenvalue weighted by atomic mass is 9.77. The van der Waals surface area contributed by atoms with Crippen LogP contribution in [0.15, 0.2) is 146 Å². The maximum absolute atomic E-state index is 5.17. The minimum Gasteiger partial charge on any atom is -0.269 e. The van der Waals surface area contributed by atoms with E-state index in [4.69, 9.17) is 63.1 Å². The average molecular weight is 1550 g/mol. The normalized spacial score (nSPS) is 21.8. The SMILES string of the molecule is CCCCCCC[C@H]1CC[C@H](c2ccc([S])cc2)CC1.CCCCCCC[C@H]1CC[C@H](c2ccc([S])cc2)CC1.CCCCCCC[C@H]1CC[C@H](c2ccc([S])cc2)CC1.CCCCCCC[C@H]1CC[C@H](c2ccc([S])cc2)CC1.CCCCCCC[C@H]1CC[C@H](c2ccc([S])cc2)CC1.F.F.F.F.F. The molecule has 105 heavy (non-hydrogen) atoms. The molecule has 0 bridgehead atoms. The van der Waals surface area contributed by atoms with Gasteiger partial charge in [-0.15, -0.1) is 0 Å². The van der Waals surface area contributed by atoms with Crippen molar-refractivity contribution < 1.29 is 23.5 Å². The molecular weight excluding hydrogens is 1400 g/mol. The van der Waals surface area contributed by atoms with Gasteiger partial charge in [0.15, 0.2) is 0 Å². The van der Waals surface area contributed by atoms with E-state index in [2.05, 4.69) is 156 Å². The molecule has 5 aromatic carbocycles. The zero-order valence-electron chi connectivity index (χ0n) is 66.8. The summed E-state index contributed by atoms with van der Waals surface area (Å²) >= 11 is 25.8. The fourth-order valence-electron chi connectivity index (χ4n) is 17.8. The van der Waals surface area contributed by atoms with E-state index in [0.717, 1.165) is 83.7 Å². The van der Waals surface area contributed by atoms with Gasteiger partial charge in [0.05, 0.1) is 0 Å². The van der Waals surface area contributed by atoms with Crippen molar-refractivity contribution in [2.45, 2.75) is 410 Å². The van der Waals surface area contributed by atoms with Crippen molar-refractivity contribution in [3.05, 3.63) is 149 Å². The third kappa shape index (κ3) is 42.7. The molecule has 0 heterocycles. The Morgan fingerprint density at radius 3 is 0.429 bits per heavy atom. The number of unbranched alkanes of at least 4 members (excludes halogenated alkanes) is 20. The summed E-state index contributed by atoms with van der Waals surface area (Å²) in [5, 5.41) is 0. The second-order valence-corrected chi connectivity index (χ2v) is 34.8. The molecule has 10 rings (SSSR count). The fourth-order valence-corrected chi connectivity index (χ4v) is 18.5. The molecule has 0 unspecified atom stereocenters. The van der Waals surface area contributed by atoms with Crippen LogP contribution >= 0.6 is 63.1 Å². The van der Waals surface area contributed by atoms with Gasteiger partial charge in [-0.05, 0) is 276 Å². The first kappa shape index (κ1) is 99.9. The van der Waals surface area contributed by atoms with Crippen LogP contribution in [0.2, 0.25) is 0 Å². The minimum absolute atomic E-state index is 0. The van der Waals surface area contributed by atoms with Gasteiger partial charge in [0.2, 0.25) is 0 Å². The van der Waals surface area contributed by atoms with Gasteiger partial charge < -0.3 is 0 Å². The quantitative estimate of drug-likeness (QED) is 0.0280. The van der Waals surface area contributed by atoms with Crippen molar-refractivity contribution in [3.63, 3.8) is 0 Å². The summed E-state index contributed by atoms with van der Waals surface area (Å²) in [5.41, 5.74) is 7.57. The molecule has 0 aliphatic heterocycles. The van der Waals surface area contributed by atoms with Crippen LogP contribution in [0.3, 0.4) is 0 Å². The summed E-state index contributed by atoms with van der Waals surface area (Å²) in [4.78, 5) is 4.84. The summed E-state index contributed by atoms with van der Waals surface area (Å²) < 4.78 is 0. The van der Waals surface area contributed by atoms with Crippen LogP contribution in [0, 0.1) is 29.6 Å². The average Bonchev–Trinajstić information content (AvgIpc) is 0.903. The highest BCUT2D eigenvalue weighted by molar-refractivity contribution is 7.81. The Hall–Kier alpha value is -3.15. The Labute approximate surface area is 670 Å². The highest BCUT2D eigenvalue weighted by Gasteiger charge is 2.27. The highest BCUT2D eigenvalue weighted by atomic mass is 32.1. The molecule has 5 saturated carbocycles. The fraction of sp³-hybridized carbons (Fsp3) is 0.684. The monoisotopic (exact) mass is 1550 g/mol. The van der Waals surface area contributed by atoms with E-state index in [1.165, 1.54) is 349 Å². The van der Waals surface area contributed by atoms with Crippen molar-refractivity contribution in [1.29, 1.82) is 0 Å². The molecule has 0 nitrogen and oxygen atoms in total. The molecular formula is C95H150F5S5. The number of rotatable bonds is 35. The Morgan fingerprint density at radius 1 is 0.181 bits per heavy atom. The first-order valence-electron chi connectivity index (χ1n) is 42.8. The number of halogens is 5. The number of hydrogen-bond donors (Lipinski definition) is 0. The molecule has 0 atom stereocenters. The lowest BCUT2D eigenvalue weighted by Crippen LogP contribution is -2.13. The van der Waals surface area contributed by atoms with Gasteiger partial charge in [-0.2, -0.15) is 0 Å². The van der Waals surface area contributed by atoms with Crippen LogP contribution in [0.25, 0.3) is 0 Å². The molecule has 5 aromatic rings. The summed E-state index contributed by atoms with van der Waals surface area (Å²) in [6.07, 6.45) is 71.3. The Morgan fingerprint density at radius 2 is 0.305 bits per heavy atom. The van der Waals surface area contributed by atoms with E-state index in [1.807, 2.05) is 0 Å². The molecule has 0 saturated heterocycles. The molecule has 0 spiro atoms. The van der Waals surface area contributed by atoms with Gasteiger partial charge >= 0.3 is 0 Å². The number of benzene rings is 5. The molecule has 0 amide bonds. The van der Waals surface area contributed by atoms with Crippen LogP contribution in [0.1, 0.15) is 413 Å². The van der Waals surface area contributed by atoms with E-state index in [0.29, 0.717) is 0 Å². The van der Waals surface area contributed by atoms with E-state index in [9.17, 15) is 0 Å². The summed E-state index contributed by atoms with van der Waals surface area (Å²) in [6, 6.07) is 43.4. The second-order valence-electron chi connectivity index (χ2n) is 32.4. The third-order valence-corrected chi connectivity index (χ3v) is 25.9. The van der Waals surface area contributed by atoms with Crippen LogP contribution in [-0.4, -0.2) is 0 Å². The lowest BCUT2D eigenvalue weighted by Gasteiger charge is -2.29. The molecule has 5 fully saturated rings. The first-order valence-corrected chi connectivity index (χ1v) is 44.9. The van der Waals surface area contributed by atoms with Crippen molar-refractivity contribution >= 4 is 63.1 Å². The van der Waals surface area contributed by atoms with Gasteiger partial charge in [-0.3, -0.25) is 23.5 Å². The van der Waals surface area contributed by atoms with Gasteiger partial charge in [0.25, 0.3) is 0 Å². The van der Waals surface area contributed by atoms with Crippen molar-refractivity contribution in [2.24, 2.45) is 29.6 Å². The molecule has 5 radical (unpaired) electrons. The minimum atomic E-state index is 0. The van der Waals surface area contributed by atoms with Gasteiger partial charge in [-0.1, -0.05) is 351 Å². The Kier molecular flexibility index (Phi) is 59.4. The van der Waals surface area contributed by atoms with E-state index >= 15 is 0 Å². The van der Waals surface area contributed by atoms with Crippen molar-refractivity contribution in [3.8, 4) is 0 Å². The molecule has 5 aliphatic rings. The van der Waals surface area contributed by atoms with E-state index in [1.54, 1.807) is 0 Å². The predicted molar refractivity (Wildman–Crippen MR) is 464 cm³/mol. The maximum atomic E-state index is 5.17. The molecule has 0 aromatic heterocycles. The Balaban J connectivity index is 0.000000649. The van der Waals surface area contributed by atoms with Crippen LogP contribution in [0.4, 0.5) is 23.5 Å². The maximum Gasteiger partial charge on any atom is 0.0377 e. The van der Waals surface area contributed by atoms with Crippen LogP contribution in [-0.2, 0) is 0 Å². The number of hydrogen-bond acceptors (Lipinski definition) is 0. The molecule has 595 valence electrons. The van der Waals surface area contributed by atoms with Crippen LogP contribution in [0.5, 0.6) is 0 Å². The largest absolute Gasteiger partial charge is 0.269 e. The van der Waals surface area contributed by atoms with Gasteiger partial charge in [0, 0.05) is 24.5 Å². The molecule has 0 N–H and O–H groups in total. The molecule has 5 aliphatic carbocycles. The van der Waals surface area contributed by atoms with E-state index < -0.39 is 0 Å².